The minimum absolute atomic E-state index is 0.0611. The summed E-state index contributed by atoms with van der Waals surface area (Å²) in [5.74, 6) is 0.559. The fourth-order valence-corrected chi connectivity index (χ4v) is 3.38. The van der Waals surface area contributed by atoms with Gasteiger partial charge >= 0.3 is 0 Å². The van der Waals surface area contributed by atoms with Gasteiger partial charge in [0.15, 0.2) is 0 Å². The molecule has 2 aromatic rings. The molecule has 0 saturated heterocycles. The second kappa shape index (κ2) is 12.1. The first kappa shape index (κ1) is 26.8. The van der Waals surface area contributed by atoms with E-state index in [1.807, 2.05) is 32.9 Å². The minimum Gasteiger partial charge on any atom is -0.353 e. The van der Waals surface area contributed by atoms with E-state index < -0.39 is 15.9 Å². The molecule has 2 rings (SSSR count). The number of sulfonamides is 1. The summed E-state index contributed by atoms with van der Waals surface area (Å²) in [5, 5.41) is 6.33. The molecular weight excluding hydrogens is 456 g/mol. The van der Waals surface area contributed by atoms with Crippen LogP contribution in [0.25, 0.3) is 0 Å². The first-order chi connectivity index (χ1) is 16.1. The first-order valence-electron chi connectivity index (χ1n) is 10.8. The zero-order chi connectivity index (χ0) is 25.3. The number of carbonyl (C=O) groups is 1. The number of aliphatic imine (C=N–C) groups is 1. The number of hydrogen-bond donors (Lipinski definition) is 3. The van der Waals surface area contributed by atoms with Crippen LogP contribution in [0.4, 0.5) is 22.9 Å². The third kappa shape index (κ3) is 7.56. The maximum Gasteiger partial charge on any atom is 0.278 e. The van der Waals surface area contributed by atoms with Gasteiger partial charge < -0.3 is 10.6 Å². The number of hydrogen-bond acceptors (Lipinski definition) is 7. The molecule has 0 spiro atoms. The van der Waals surface area contributed by atoms with Gasteiger partial charge in [0.1, 0.15) is 11.7 Å². The highest BCUT2D eigenvalue weighted by Crippen LogP contribution is 2.31. The Morgan fingerprint density at radius 3 is 2.59 bits per heavy atom. The maximum absolute atomic E-state index is 12.7. The van der Waals surface area contributed by atoms with E-state index in [2.05, 4.69) is 26.1 Å². The van der Waals surface area contributed by atoms with Crippen LogP contribution in [-0.2, 0) is 14.9 Å². The summed E-state index contributed by atoms with van der Waals surface area (Å²) in [7, 11) is -2.04. The Morgan fingerprint density at radius 2 is 1.97 bits per heavy atom. The Bertz CT molecular complexity index is 1160. The highest BCUT2D eigenvalue weighted by Gasteiger charge is 2.19. The number of allylic oxidation sites excluding steroid dienone is 1. The van der Waals surface area contributed by atoms with Crippen molar-refractivity contribution in [3.8, 4) is 0 Å². The second-order valence-electron chi connectivity index (χ2n) is 7.59. The number of amides is 1. The van der Waals surface area contributed by atoms with Crippen LogP contribution < -0.4 is 20.4 Å². The first-order valence-corrected chi connectivity index (χ1v) is 12.6. The van der Waals surface area contributed by atoms with Crippen molar-refractivity contribution < 1.29 is 18.0 Å². The van der Waals surface area contributed by atoms with Crippen LogP contribution in [0.2, 0.25) is 0 Å². The summed E-state index contributed by atoms with van der Waals surface area (Å²) in [6.07, 6.45) is 6.20. The van der Waals surface area contributed by atoms with Gasteiger partial charge in [-0.1, -0.05) is 18.2 Å². The monoisotopic (exact) mass is 488 g/mol. The Hall–Kier alpha value is -3.44. The number of benzene rings is 1. The van der Waals surface area contributed by atoms with E-state index in [0.717, 1.165) is 10.6 Å². The number of carbonyl (C=O) groups excluding carboxylic acids is 1. The number of para-hydroxylation sites is 2. The zero-order valence-electron chi connectivity index (χ0n) is 20.3. The van der Waals surface area contributed by atoms with Gasteiger partial charge in [-0.3, -0.25) is 18.9 Å². The summed E-state index contributed by atoms with van der Waals surface area (Å²) in [6.45, 7) is 7.85. The summed E-state index contributed by atoms with van der Waals surface area (Å²) < 4.78 is 25.4. The van der Waals surface area contributed by atoms with Crippen molar-refractivity contribution in [1.29, 1.82) is 0 Å². The van der Waals surface area contributed by atoms with E-state index in [9.17, 15) is 13.2 Å². The Balaban J connectivity index is 2.54. The number of amidine groups is 1. The van der Waals surface area contributed by atoms with Gasteiger partial charge in [-0.05, 0) is 45.9 Å². The summed E-state index contributed by atoms with van der Waals surface area (Å²) >= 11 is 0. The lowest BCUT2D eigenvalue weighted by Crippen LogP contribution is -2.26. The second-order valence-corrected chi connectivity index (χ2v) is 9.60. The van der Waals surface area contributed by atoms with Crippen LogP contribution in [0.3, 0.4) is 0 Å². The molecule has 3 N–H and O–H groups in total. The quantitative estimate of drug-likeness (QED) is 0.265. The van der Waals surface area contributed by atoms with Gasteiger partial charge in [-0.25, -0.2) is 18.9 Å². The molecule has 1 aromatic heterocycles. The number of hydroxylamine groups is 1. The fraction of sp³-hybridized carbons (Fsp3) is 0.348. The summed E-state index contributed by atoms with van der Waals surface area (Å²) in [6, 6.07) is 8.60. The molecule has 0 aliphatic rings. The van der Waals surface area contributed by atoms with Crippen LogP contribution in [0.1, 0.15) is 38.1 Å². The van der Waals surface area contributed by atoms with E-state index in [-0.39, 0.29) is 11.6 Å². The van der Waals surface area contributed by atoms with Crippen LogP contribution in [0.15, 0.2) is 53.7 Å². The molecule has 1 heterocycles. The van der Waals surface area contributed by atoms with Crippen LogP contribution in [0.5, 0.6) is 0 Å². The highest BCUT2D eigenvalue weighted by molar-refractivity contribution is 7.92. The number of rotatable bonds is 10. The highest BCUT2D eigenvalue weighted by atomic mass is 32.2. The Labute approximate surface area is 201 Å². The molecule has 0 radical (unpaired) electrons. The molecule has 10 nitrogen and oxygen atoms in total. The predicted molar refractivity (Wildman–Crippen MR) is 137 cm³/mol. The molecule has 0 saturated carbocycles. The van der Waals surface area contributed by atoms with Crippen molar-refractivity contribution in [3.05, 3.63) is 54.2 Å². The van der Waals surface area contributed by atoms with Crippen molar-refractivity contribution in [2.45, 2.75) is 33.7 Å². The lowest BCUT2D eigenvalue weighted by molar-refractivity contribution is 0.0365. The van der Waals surface area contributed by atoms with Gasteiger partial charge in [-0.15, -0.1) is 0 Å². The normalized spacial score (nSPS) is 12.1. The predicted octanol–water partition coefficient (Wildman–Crippen LogP) is 3.70. The number of nitrogens with one attached hydrogen (secondary N) is 3. The van der Waals surface area contributed by atoms with E-state index >= 15 is 0 Å². The van der Waals surface area contributed by atoms with Crippen molar-refractivity contribution in [2.24, 2.45) is 4.99 Å². The number of aromatic nitrogens is 1. The van der Waals surface area contributed by atoms with Gasteiger partial charge in [0.25, 0.3) is 5.91 Å². The summed E-state index contributed by atoms with van der Waals surface area (Å²) in [4.78, 5) is 26.6. The molecule has 0 unspecified atom stereocenters. The van der Waals surface area contributed by atoms with Crippen molar-refractivity contribution in [1.82, 2.24) is 10.5 Å². The molecule has 0 atom stereocenters. The lowest BCUT2D eigenvalue weighted by Gasteiger charge is -2.22. The third-order valence-corrected chi connectivity index (χ3v) is 5.64. The average molecular weight is 489 g/mol. The number of nitrogens with zero attached hydrogens (tertiary/aromatic N) is 3. The Morgan fingerprint density at radius 1 is 1.26 bits per heavy atom. The van der Waals surface area contributed by atoms with Crippen LogP contribution in [0, 0.1) is 0 Å². The molecule has 0 fully saturated rings. The average Bonchev–Trinajstić information content (AvgIpc) is 2.76. The SMILES string of the molecule is C/C=C\C(=NC(C)C)Nc1cc(Nc2ccccc2N(C)S(C)(=O)=O)c(C(=O)NOCC)cn1. The molecule has 11 heteroatoms. The van der Waals surface area contributed by atoms with Crippen molar-refractivity contribution in [2.75, 3.05) is 34.8 Å². The third-order valence-electron chi connectivity index (χ3n) is 4.45. The van der Waals surface area contributed by atoms with Crippen molar-refractivity contribution in [3.63, 3.8) is 0 Å². The molecule has 1 amide bonds. The van der Waals surface area contributed by atoms with Crippen molar-refractivity contribution >= 4 is 44.6 Å². The molecular formula is C23H32N6O4S. The standard InChI is InChI=1S/C23H32N6O4S/c1-7-11-21(25-16(3)4)27-22-14-19(17(15-24-22)23(30)28-33-8-2)26-18-12-9-10-13-20(18)29(5)34(6,31)32/h7,9-16H,8H2,1-6H3,(H,28,30)(H2,24,25,26,27)/b11-7-. The molecule has 0 bridgehead atoms. The zero-order valence-corrected chi connectivity index (χ0v) is 21.1. The molecule has 34 heavy (non-hydrogen) atoms. The van der Waals surface area contributed by atoms with E-state index in [0.29, 0.717) is 35.3 Å². The van der Waals surface area contributed by atoms with Gasteiger partial charge in [-0.2, -0.15) is 0 Å². The topological polar surface area (TPSA) is 125 Å². The Kier molecular flexibility index (Phi) is 9.58. The van der Waals surface area contributed by atoms with E-state index in [1.165, 1.54) is 13.2 Å². The van der Waals surface area contributed by atoms with Crippen LogP contribution >= 0.6 is 0 Å². The molecule has 1 aromatic carbocycles. The van der Waals surface area contributed by atoms with Gasteiger partial charge in [0.05, 0.1) is 35.5 Å². The van der Waals surface area contributed by atoms with Gasteiger partial charge in [0.2, 0.25) is 10.0 Å². The van der Waals surface area contributed by atoms with E-state index in [1.54, 1.807) is 37.3 Å². The van der Waals surface area contributed by atoms with Gasteiger partial charge in [0, 0.05) is 25.4 Å². The fourth-order valence-electron chi connectivity index (χ4n) is 2.86. The largest absolute Gasteiger partial charge is 0.353 e. The molecule has 0 aliphatic heterocycles. The van der Waals surface area contributed by atoms with Crippen LogP contribution in [-0.4, -0.2) is 51.1 Å². The summed E-state index contributed by atoms with van der Waals surface area (Å²) in [5.41, 5.74) is 3.88. The molecule has 0 aliphatic carbocycles. The smallest absolute Gasteiger partial charge is 0.278 e. The minimum atomic E-state index is -3.51. The molecule has 184 valence electrons. The lowest BCUT2D eigenvalue weighted by atomic mass is 10.2. The number of pyridine rings is 1. The number of anilines is 4. The maximum atomic E-state index is 12.7. The van der Waals surface area contributed by atoms with E-state index in [4.69, 9.17) is 4.84 Å².